The van der Waals surface area contributed by atoms with Crippen molar-refractivity contribution < 1.29 is 9.84 Å². The molecule has 0 bridgehead atoms. The van der Waals surface area contributed by atoms with Gasteiger partial charge in [-0.25, -0.2) is 4.98 Å². The molecule has 0 aliphatic carbocycles. The molecule has 0 amide bonds. The van der Waals surface area contributed by atoms with Crippen LogP contribution in [0.4, 0.5) is 5.69 Å². The minimum atomic E-state index is -0.542. The maximum Gasteiger partial charge on any atom is 0.119 e. The second kappa shape index (κ2) is 8.33. The van der Waals surface area contributed by atoms with Crippen molar-refractivity contribution in [3.63, 3.8) is 0 Å². The molecular weight excluding hydrogens is 304 g/mol. The number of aromatic nitrogens is 2. The number of H-pyrrole nitrogens is 1. The lowest BCUT2D eigenvalue weighted by atomic mass is 10.2. The molecule has 0 radical (unpaired) electrons. The number of benzene rings is 2. The number of hydrogen-bond acceptors (Lipinski definition) is 5. The SMILES string of the molecule is OC(CNCCNc1cccc2[nH]cnc12)COc1ccccc1. The molecule has 3 aromatic rings. The molecular formula is C18H22N4O2. The van der Waals surface area contributed by atoms with Crippen molar-refractivity contribution in [2.45, 2.75) is 6.10 Å². The van der Waals surface area contributed by atoms with E-state index in [1.165, 1.54) is 0 Å². The average molecular weight is 326 g/mol. The second-order valence-electron chi connectivity index (χ2n) is 5.51. The van der Waals surface area contributed by atoms with Crippen molar-refractivity contribution in [1.82, 2.24) is 15.3 Å². The Morgan fingerprint density at radius 2 is 1.96 bits per heavy atom. The van der Waals surface area contributed by atoms with Gasteiger partial charge in [0.15, 0.2) is 0 Å². The molecule has 6 nitrogen and oxygen atoms in total. The summed E-state index contributed by atoms with van der Waals surface area (Å²) in [5.74, 6) is 0.769. The normalized spacial score (nSPS) is 12.2. The van der Waals surface area contributed by atoms with E-state index < -0.39 is 6.10 Å². The molecule has 0 fully saturated rings. The summed E-state index contributed by atoms with van der Waals surface area (Å²) in [5.41, 5.74) is 2.96. The zero-order chi connectivity index (χ0) is 16.6. The summed E-state index contributed by atoms with van der Waals surface area (Å²) >= 11 is 0. The van der Waals surface area contributed by atoms with Gasteiger partial charge in [-0.2, -0.15) is 0 Å². The van der Waals surface area contributed by atoms with Crippen LogP contribution in [0.3, 0.4) is 0 Å². The largest absolute Gasteiger partial charge is 0.491 e. The van der Waals surface area contributed by atoms with Gasteiger partial charge in [0.05, 0.1) is 17.5 Å². The van der Waals surface area contributed by atoms with Crippen LogP contribution in [0.1, 0.15) is 0 Å². The van der Waals surface area contributed by atoms with E-state index in [-0.39, 0.29) is 6.61 Å². The van der Waals surface area contributed by atoms with Gasteiger partial charge >= 0.3 is 0 Å². The molecule has 0 saturated heterocycles. The number of aromatic amines is 1. The van der Waals surface area contributed by atoms with E-state index in [1.54, 1.807) is 6.33 Å². The van der Waals surface area contributed by atoms with Crippen molar-refractivity contribution in [3.05, 3.63) is 54.9 Å². The summed E-state index contributed by atoms with van der Waals surface area (Å²) in [4.78, 5) is 7.39. The summed E-state index contributed by atoms with van der Waals surface area (Å²) in [6, 6.07) is 15.5. The van der Waals surface area contributed by atoms with Crippen LogP contribution in [-0.4, -0.2) is 47.4 Å². The van der Waals surface area contributed by atoms with Gasteiger partial charge in [-0.3, -0.25) is 0 Å². The number of nitrogens with one attached hydrogen (secondary N) is 3. The summed E-state index contributed by atoms with van der Waals surface area (Å²) in [5, 5.41) is 16.5. The molecule has 0 spiro atoms. The fourth-order valence-corrected chi connectivity index (χ4v) is 2.43. The van der Waals surface area contributed by atoms with Crippen LogP contribution in [0.2, 0.25) is 0 Å². The molecule has 126 valence electrons. The minimum absolute atomic E-state index is 0.275. The number of aliphatic hydroxyl groups is 1. The molecule has 1 heterocycles. The number of ether oxygens (including phenoxy) is 1. The summed E-state index contributed by atoms with van der Waals surface area (Å²) in [7, 11) is 0. The third kappa shape index (κ3) is 4.47. The van der Waals surface area contributed by atoms with Gasteiger partial charge in [0.1, 0.15) is 24.0 Å². The zero-order valence-corrected chi connectivity index (χ0v) is 13.4. The number of imidazole rings is 1. The molecule has 4 N–H and O–H groups in total. The highest BCUT2D eigenvalue weighted by Crippen LogP contribution is 2.18. The van der Waals surface area contributed by atoms with Gasteiger partial charge < -0.3 is 25.5 Å². The Balaban J connectivity index is 1.33. The molecule has 24 heavy (non-hydrogen) atoms. The van der Waals surface area contributed by atoms with Crippen LogP contribution in [0.5, 0.6) is 5.75 Å². The third-order valence-corrected chi connectivity index (χ3v) is 3.63. The predicted molar refractivity (Wildman–Crippen MR) is 95.4 cm³/mol. The molecule has 0 aliphatic rings. The minimum Gasteiger partial charge on any atom is -0.491 e. The van der Waals surface area contributed by atoms with E-state index in [2.05, 4.69) is 20.6 Å². The predicted octanol–water partition coefficient (Wildman–Crippen LogP) is 2.00. The van der Waals surface area contributed by atoms with Gasteiger partial charge in [-0.1, -0.05) is 24.3 Å². The number of aliphatic hydroxyl groups excluding tert-OH is 1. The van der Waals surface area contributed by atoms with E-state index >= 15 is 0 Å². The number of nitrogens with zero attached hydrogens (tertiary/aromatic N) is 1. The molecule has 0 saturated carbocycles. The van der Waals surface area contributed by atoms with Gasteiger partial charge in [-0.15, -0.1) is 0 Å². The van der Waals surface area contributed by atoms with Crippen molar-refractivity contribution in [3.8, 4) is 5.75 Å². The summed E-state index contributed by atoms with van der Waals surface area (Å²) < 4.78 is 5.52. The van der Waals surface area contributed by atoms with Crippen molar-refractivity contribution >= 4 is 16.7 Å². The van der Waals surface area contributed by atoms with Crippen LogP contribution in [-0.2, 0) is 0 Å². The van der Waals surface area contributed by atoms with Gasteiger partial charge in [0.25, 0.3) is 0 Å². The monoisotopic (exact) mass is 326 g/mol. The number of para-hydroxylation sites is 2. The van der Waals surface area contributed by atoms with E-state index in [0.29, 0.717) is 6.54 Å². The number of rotatable bonds is 9. The van der Waals surface area contributed by atoms with E-state index in [0.717, 1.165) is 35.6 Å². The van der Waals surface area contributed by atoms with Crippen molar-refractivity contribution in [2.75, 3.05) is 31.6 Å². The van der Waals surface area contributed by atoms with Crippen LogP contribution >= 0.6 is 0 Å². The third-order valence-electron chi connectivity index (χ3n) is 3.63. The standard InChI is InChI=1S/C18H22N4O2/c23-14(12-24-15-5-2-1-3-6-15)11-19-9-10-20-16-7-4-8-17-18(16)22-13-21-17/h1-8,13-14,19-20,23H,9-12H2,(H,21,22). The molecule has 1 aromatic heterocycles. The highest BCUT2D eigenvalue weighted by atomic mass is 16.5. The topological polar surface area (TPSA) is 82.2 Å². The van der Waals surface area contributed by atoms with Crippen molar-refractivity contribution in [1.29, 1.82) is 0 Å². The first-order chi connectivity index (χ1) is 11.8. The van der Waals surface area contributed by atoms with Gasteiger partial charge in [0.2, 0.25) is 0 Å². The highest BCUT2D eigenvalue weighted by Gasteiger charge is 2.05. The van der Waals surface area contributed by atoms with Crippen LogP contribution < -0.4 is 15.4 Å². The fourth-order valence-electron chi connectivity index (χ4n) is 2.43. The molecule has 1 atom stereocenters. The Hall–Kier alpha value is -2.57. The smallest absolute Gasteiger partial charge is 0.119 e. The van der Waals surface area contributed by atoms with Crippen molar-refractivity contribution in [2.24, 2.45) is 0 Å². The zero-order valence-electron chi connectivity index (χ0n) is 13.4. The Labute approximate surface area is 140 Å². The van der Waals surface area contributed by atoms with Crippen LogP contribution in [0, 0.1) is 0 Å². The first-order valence-corrected chi connectivity index (χ1v) is 8.05. The number of hydrogen-bond donors (Lipinski definition) is 4. The average Bonchev–Trinajstić information content (AvgIpc) is 3.10. The number of anilines is 1. The lowest BCUT2D eigenvalue weighted by molar-refractivity contribution is 0.107. The second-order valence-corrected chi connectivity index (χ2v) is 5.51. The fraction of sp³-hybridized carbons (Fsp3) is 0.278. The van der Waals surface area contributed by atoms with E-state index in [1.807, 2.05) is 48.5 Å². The highest BCUT2D eigenvalue weighted by molar-refractivity contribution is 5.87. The van der Waals surface area contributed by atoms with Gasteiger partial charge in [-0.05, 0) is 24.3 Å². The van der Waals surface area contributed by atoms with E-state index in [9.17, 15) is 5.11 Å². The Bertz CT molecular complexity index is 745. The summed E-state index contributed by atoms with van der Waals surface area (Å²) in [6.45, 7) is 2.25. The first-order valence-electron chi connectivity index (χ1n) is 8.05. The molecule has 2 aromatic carbocycles. The maximum atomic E-state index is 9.92. The quantitative estimate of drug-likeness (QED) is 0.452. The maximum absolute atomic E-state index is 9.92. The summed E-state index contributed by atoms with van der Waals surface area (Å²) in [6.07, 6.45) is 1.15. The van der Waals surface area contributed by atoms with Crippen LogP contribution in [0.15, 0.2) is 54.9 Å². The van der Waals surface area contributed by atoms with Crippen LogP contribution in [0.25, 0.3) is 11.0 Å². The Morgan fingerprint density at radius 3 is 2.83 bits per heavy atom. The Kier molecular flexibility index (Phi) is 5.65. The Morgan fingerprint density at radius 1 is 1.08 bits per heavy atom. The molecule has 3 rings (SSSR count). The molecule has 6 heteroatoms. The lowest BCUT2D eigenvalue weighted by Crippen LogP contribution is -2.34. The number of fused-ring (bicyclic) bond motifs is 1. The van der Waals surface area contributed by atoms with E-state index in [4.69, 9.17) is 4.74 Å². The first kappa shape index (κ1) is 16.3. The molecule has 0 aliphatic heterocycles. The molecule has 1 unspecified atom stereocenters. The van der Waals surface area contributed by atoms with Gasteiger partial charge in [0, 0.05) is 19.6 Å². The lowest BCUT2D eigenvalue weighted by Gasteiger charge is -2.14.